The number of fused-ring (bicyclic) bond motifs is 1. The lowest BCUT2D eigenvalue weighted by molar-refractivity contribution is 0.0505. The molecule has 0 radical (unpaired) electrons. The zero-order valence-electron chi connectivity index (χ0n) is 18.1. The van der Waals surface area contributed by atoms with E-state index in [1.165, 1.54) is 16.2 Å². The first kappa shape index (κ1) is 21.3. The zero-order chi connectivity index (χ0) is 22.0. The van der Waals surface area contributed by atoms with Gasteiger partial charge in [0.25, 0.3) is 5.91 Å². The van der Waals surface area contributed by atoms with Crippen molar-refractivity contribution in [3.63, 3.8) is 0 Å². The summed E-state index contributed by atoms with van der Waals surface area (Å²) in [5, 5.41) is 12.3. The molecule has 1 aliphatic rings. The predicted molar refractivity (Wildman–Crippen MR) is 119 cm³/mol. The van der Waals surface area contributed by atoms with Crippen LogP contribution in [0.3, 0.4) is 0 Å². The number of ether oxygens (including phenoxy) is 1. The van der Waals surface area contributed by atoms with Gasteiger partial charge in [0.15, 0.2) is 5.69 Å². The fourth-order valence-electron chi connectivity index (χ4n) is 3.82. The Morgan fingerprint density at radius 2 is 2.03 bits per heavy atom. The van der Waals surface area contributed by atoms with Crippen LogP contribution in [0.1, 0.15) is 68.9 Å². The van der Waals surface area contributed by atoms with Gasteiger partial charge in [0.1, 0.15) is 11.7 Å². The van der Waals surface area contributed by atoms with Crippen molar-refractivity contribution >= 4 is 28.2 Å². The highest BCUT2D eigenvalue weighted by molar-refractivity contribution is 7.17. The van der Waals surface area contributed by atoms with E-state index in [1.54, 1.807) is 16.9 Å². The topological polar surface area (TPSA) is 91.0 Å². The summed E-state index contributed by atoms with van der Waals surface area (Å²) < 4.78 is 8.90. The van der Waals surface area contributed by atoms with E-state index in [2.05, 4.69) is 15.5 Å². The molecule has 1 N–H and O–H groups in total. The molecule has 0 saturated carbocycles. The molecule has 0 bridgehead atoms. The number of rotatable bonds is 7. The molecule has 3 aromatic heterocycles. The molecule has 0 saturated heterocycles. The number of nitrogens with zero attached hydrogens (tertiary/aromatic N) is 4. The summed E-state index contributed by atoms with van der Waals surface area (Å²) in [6, 6.07) is 3.67. The van der Waals surface area contributed by atoms with Gasteiger partial charge in [-0.3, -0.25) is 9.48 Å². The van der Waals surface area contributed by atoms with E-state index in [9.17, 15) is 9.59 Å². The molecular formula is C22H27N5O3S. The fourth-order valence-corrected chi connectivity index (χ4v) is 5.09. The molecule has 0 fully saturated rings. The van der Waals surface area contributed by atoms with Crippen LogP contribution in [-0.2, 0) is 24.2 Å². The number of esters is 1. The summed E-state index contributed by atoms with van der Waals surface area (Å²) in [5.41, 5.74) is 3.80. The monoisotopic (exact) mass is 441 g/mol. The number of carbonyl (C=O) groups is 2. The van der Waals surface area contributed by atoms with Gasteiger partial charge >= 0.3 is 5.97 Å². The molecule has 164 valence electrons. The van der Waals surface area contributed by atoms with Gasteiger partial charge in [-0.15, -0.1) is 11.3 Å². The van der Waals surface area contributed by atoms with Crippen LogP contribution in [-0.4, -0.2) is 38.0 Å². The van der Waals surface area contributed by atoms with Gasteiger partial charge in [0, 0.05) is 16.8 Å². The minimum Gasteiger partial charge on any atom is -0.462 e. The molecule has 0 atom stereocenters. The number of aryl methyl sites for hydroxylation is 3. The molecule has 1 aliphatic carbocycles. The maximum Gasteiger partial charge on any atom is 0.341 e. The first-order valence-corrected chi connectivity index (χ1v) is 11.5. The Kier molecular flexibility index (Phi) is 6.22. The molecule has 0 unspecified atom stereocenters. The zero-order valence-corrected chi connectivity index (χ0v) is 18.9. The molecule has 0 spiro atoms. The van der Waals surface area contributed by atoms with Crippen molar-refractivity contribution in [2.45, 2.75) is 59.5 Å². The van der Waals surface area contributed by atoms with Crippen LogP contribution < -0.4 is 5.32 Å². The lowest BCUT2D eigenvalue weighted by Crippen LogP contribution is -2.17. The van der Waals surface area contributed by atoms with Crippen LogP contribution in [0.4, 0.5) is 5.00 Å². The largest absolute Gasteiger partial charge is 0.462 e. The van der Waals surface area contributed by atoms with Gasteiger partial charge in [-0.25, -0.2) is 9.48 Å². The fraction of sp³-hybridized carbons (Fsp3) is 0.455. The van der Waals surface area contributed by atoms with Gasteiger partial charge in [0.05, 0.1) is 17.9 Å². The highest BCUT2D eigenvalue weighted by Crippen LogP contribution is 2.38. The third-order valence-electron chi connectivity index (χ3n) is 5.30. The maximum absolute atomic E-state index is 12.9. The molecule has 3 heterocycles. The lowest BCUT2D eigenvalue weighted by atomic mass is 9.95. The van der Waals surface area contributed by atoms with Crippen molar-refractivity contribution < 1.29 is 14.3 Å². The number of nitrogens with one attached hydrogen (secondary N) is 1. The van der Waals surface area contributed by atoms with Crippen molar-refractivity contribution in [3.05, 3.63) is 51.4 Å². The quantitative estimate of drug-likeness (QED) is 0.561. The third kappa shape index (κ3) is 4.56. The van der Waals surface area contributed by atoms with E-state index in [4.69, 9.17) is 4.74 Å². The van der Waals surface area contributed by atoms with E-state index in [-0.39, 0.29) is 11.9 Å². The van der Waals surface area contributed by atoms with Crippen LogP contribution in [0, 0.1) is 13.8 Å². The van der Waals surface area contributed by atoms with Crippen LogP contribution in [0.5, 0.6) is 0 Å². The molecule has 8 nitrogen and oxygen atoms in total. The van der Waals surface area contributed by atoms with Crippen molar-refractivity contribution in [2.24, 2.45) is 0 Å². The highest BCUT2D eigenvalue weighted by atomic mass is 32.1. The first-order valence-electron chi connectivity index (χ1n) is 10.6. The van der Waals surface area contributed by atoms with Gasteiger partial charge in [0.2, 0.25) is 0 Å². The minimum atomic E-state index is -0.355. The standard InChI is InChI=1S/C22H27N5O3S/c1-4-11-30-22(29)19-16-7-5-6-8-18(16)31-21(19)23-20(28)17-9-10-26(25-17)13-27-15(3)12-14(2)24-27/h9-10,12H,4-8,11,13H2,1-3H3,(H,23,28). The van der Waals surface area contributed by atoms with Gasteiger partial charge < -0.3 is 10.1 Å². The Morgan fingerprint density at radius 1 is 1.23 bits per heavy atom. The van der Waals surface area contributed by atoms with Crippen molar-refractivity contribution in [2.75, 3.05) is 11.9 Å². The molecule has 1 amide bonds. The highest BCUT2D eigenvalue weighted by Gasteiger charge is 2.28. The third-order valence-corrected chi connectivity index (χ3v) is 6.50. The van der Waals surface area contributed by atoms with E-state index >= 15 is 0 Å². The van der Waals surface area contributed by atoms with E-state index in [1.807, 2.05) is 31.5 Å². The first-order chi connectivity index (χ1) is 15.0. The van der Waals surface area contributed by atoms with Crippen LogP contribution in [0.2, 0.25) is 0 Å². The normalized spacial score (nSPS) is 13.1. The Labute approximate surface area is 185 Å². The average Bonchev–Trinajstić information content (AvgIpc) is 3.43. The van der Waals surface area contributed by atoms with Crippen molar-refractivity contribution in [1.82, 2.24) is 19.6 Å². The maximum atomic E-state index is 12.9. The number of hydrogen-bond acceptors (Lipinski definition) is 6. The predicted octanol–water partition coefficient (Wildman–Crippen LogP) is 3.96. The Balaban J connectivity index is 1.53. The molecule has 9 heteroatoms. The number of aromatic nitrogens is 4. The van der Waals surface area contributed by atoms with E-state index in [0.717, 1.165) is 49.1 Å². The smallest absolute Gasteiger partial charge is 0.341 e. The number of hydrogen-bond donors (Lipinski definition) is 1. The van der Waals surface area contributed by atoms with E-state index in [0.29, 0.717) is 29.5 Å². The second-order valence-electron chi connectivity index (χ2n) is 7.81. The molecule has 0 aliphatic heterocycles. The molecule has 31 heavy (non-hydrogen) atoms. The average molecular weight is 442 g/mol. The molecule has 0 aromatic carbocycles. The summed E-state index contributed by atoms with van der Waals surface area (Å²) in [7, 11) is 0. The number of amides is 1. The van der Waals surface area contributed by atoms with Crippen LogP contribution in [0.15, 0.2) is 18.3 Å². The summed E-state index contributed by atoms with van der Waals surface area (Å²) in [4.78, 5) is 26.8. The van der Waals surface area contributed by atoms with Crippen molar-refractivity contribution in [1.29, 1.82) is 0 Å². The molecule has 4 rings (SSSR count). The van der Waals surface area contributed by atoms with Crippen LogP contribution in [0.25, 0.3) is 0 Å². The lowest BCUT2D eigenvalue weighted by Gasteiger charge is -2.12. The summed E-state index contributed by atoms with van der Waals surface area (Å²) in [6.07, 6.45) is 6.42. The van der Waals surface area contributed by atoms with Crippen molar-refractivity contribution in [3.8, 4) is 0 Å². The van der Waals surface area contributed by atoms with E-state index < -0.39 is 0 Å². The van der Waals surface area contributed by atoms with Gasteiger partial charge in [-0.2, -0.15) is 10.2 Å². The second-order valence-corrected chi connectivity index (χ2v) is 8.92. The SMILES string of the molecule is CCCOC(=O)c1c(NC(=O)c2ccn(Cn3nc(C)cc3C)n2)sc2c1CCCC2. The van der Waals surface area contributed by atoms with Crippen LogP contribution >= 0.6 is 11.3 Å². The number of anilines is 1. The molecular weight excluding hydrogens is 414 g/mol. The van der Waals surface area contributed by atoms with Gasteiger partial charge in [-0.05, 0) is 63.6 Å². The summed E-state index contributed by atoms with van der Waals surface area (Å²) in [5.74, 6) is -0.693. The Morgan fingerprint density at radius 3 is 2.77 bits per heavy atom. The summed E-state index contributed by atoms with van der Waals surface area (Å²) >= 11 is 1.48. The summed E-state index contributed by atoms with van der Waals surface area (Å²) in [6.45, 7) is 6.67. The number of carbonyl (C=O) groups excluding carboxylic acids is 2. The molecule has 3 aromatic rings. The Hall–Kier alpha value is -2.94. The minimum absolute atomic E-state index is 0.292. The Bertz CT molecular complexity index is 1110. The number of thiophene rings is 1. The van der Waals surface area contributed by atoms with Gasteiger partial charge in [-0.1, -0.05) is 6.92 Å². The second kappa shape index (κ2) is 9.05.